The molecule has 0 atom stereocenters. The summed E-state index contributed by atoms with van der Waals surface area (Å²) in [4.78, 5) is 13.1. The van der Waals surface area contributed by atoms with Crippen molar-refractivity contribution in [2.45, 2.75) is 16.7 Å². The van der Waals surface area contributed by atoms with Crippen LogP contribution in [-0.2, 0) is 0 Å². The molecule has 0 aliphatic carbocycles. The van der Waals surface area contributed by atoms with Crippen LogP contribution in [0.3, 0.4) is 0 Å². The first-order valence-corrected chi connectivity index (χ1v) is 9.34. The number of fused-ring (bicyclic) bond motifs is 2. The van der Waals surface area contributed by atoms with Gasteiger partial charge in [-0.2, -0.15) is 0 Å². The van der Waals surface area contributed by atoms with Gasteiger partial charge in [-0.1, -0.05) is 36.5 Å². The van der Waals surface area contributed by atoms with Gasteiger partial charge in [0.25, 0.3) is 0 Å². The van der Waals surface area contributed by atoms with Crippen LogP contribution < -0.4 is 16.2 Å². The number of halogens is 3. The van der Waals surface area contributed by atoms with E-state index >= 15 is 4.39 Å². The van der Waals surface area contributed by atoms with E-state index in [2.05, 4.69) is 6.58 Å². The first kappa shape index (κ1) is 19.1. The summed E-state index contributed by atoms with van der Waals surface area (Å²) in [7, 11) is 0. The molecule has 0 aromatic heterocycles. The Labute approximate surface area is 168 Å². The molecule has 0 fully saturated rings. The molecule has 3 aromatic carbocycles. The number of hydrogen-bond acceptors (Lipinski definition) is 3. The van der Waals surface area contributed by atoms with Crippen LogP contribution in [-0.4, -0.2) is 11.1 Å². The Morgan fingerprint density at radius 3 is 2.45 bits per heavy atom. The van der Waals surface area contributed by atoms with Gasteiger partial charge in [0.15, 0.2) is 11.6 Å². The monoisotopic (exact) mass is 413 g/mol. The molecule has 29 heavy (non-hydrogen) atoms. The van der Waals surface area contributed by atoms with Crippen molar-refractivity contribution in [1.29, 1.82) is 0 Å². The molecule has 0 radical (unpaired) electrons. The smallest absolute Gasteiger partial charge is 0.339 e. The molecular formula is C22H14F3NO2S. The third-order valence-corrected chi connectivity index (χ3v) is 5.93. The molecule has 4 rings (SSSR count). The molecule has 1 aliphatic rings. The highest BCUT2D eigenvalue weighted by molar-refractivity contribution is 7.99. The van der Waals surface area contributed by atoms with Crippen LogP contribution in [0.2, 0.25) is 0 Å². The second kappa shape index (κ2) is 6.70. The lowest BCUT2D eigenvalue weighted by Crippen LogP contribution is -2.22. The van der Waals surface area contributed by atoms with E-state index in [0.717, 1.165) is 6.92 Å². The van der Waals surface area contributed by atoms with E-state index in [1.54, 1.807) is 36.4 Å². The minimum Gasteiger partial charge on any atom is -0.478 e. The van der Waals surface area contributed by atoms with Crippen molar-refractivity contribution in [2.24, 2.45) is 0 Å². The van der Waals surface area contributed by atoms with Gasteiger partial charge in [0.1, 0.15) is 11.4 Å². The Kier molecular flexibility index (Phi) is 4.42. The molecular weight excluding hydrogens is 399 g/mol. The van der Waals surface area contributed by atoms with Crippen molar-refractivity contribution in [3.63, 3.8) is 0 Å². The van der Waals surface area contributed by atoms with Crippen LogP contribution in [0.1, 0.15) is 27.0 Å². The van der Waals surface area contributed by atoms with E-state index in [1.165, 1.54) is 11.8 Å². The number of aromatic carboxylic acids is 1. The molecule has 0 unspecified atom stereocenters. The van der Waals surface area contributed by atoms with Crippen molar-refractivity contribution in [1.82, 2.24) is 0 Å². The standard InChI is InChI=1S/C22H14F3NO2S/c1-9-3-5-12-14(7-9)29-15-8-11(26)4-6-13(15)16(12)17-18(22(27)28)21(25)20(24)10(2)19(17)23/h3-8H,1,26H2,2H3,(H,27,28). The van der Waals surface area contributed by atoms with E-state index in [4.69, 9.17) is 5.73 Å². The molecule has 3 N–H and O–H groups in total. The van der Waals surface area contributed by atoms with Crippen LogP contribution in [0, 0.1) is 24.4 Å². The normalized spacial score (nSPS) is 12.5. The van der Waals surface area contributed by atoms with E-state index < -0.39 is 40.1 Å². The van der Waals surface area contributed by atoms with Crippen LogP contribution >= 0.6 is 11.8 Å². The Morgan fingerprint density at radius 1 is 1.03 bits per heavy atom. The number of benzene rings is 3. The number of nitrogens with two attached hydrogens (primary N) is 1. The minimum atomic E-state index is -1.76. The Bertz CT molecular complexity index is 1340. The second-order valence-corrected chi connectivity index (χ2v) is 7.77. The first-order valence-electron chi connectivity index (χ1n) is 8.52. The molecule has 3 aromatic rings. The van der Waals surface area contributed by atoms with Gasteiger partial charge in [-0.15, -0.1) is 0 Å². The third kappa shape index (κ3) is 2.89. The minimum absolute atomic E-state index is 0.172. The van der Waals surface area contributed by atoms with Crippen LogP contribution in [0.15, 0.2) is 46.2 Å². The lowest BCUT2D eigenvalue weighted by atomic mass is 9.89. The molecule has 0 saturated carbocycles. The fraction of sp³-hybridized carbons (Fsp3) is 0.0455. The number of carboxylic acids is 1. The van der Waals surface area contributed by atoms with Crippen LogP contribution in [0.4, 0.5) is 18.9 Å². The van der Waals surface area contributed by atoms with Crippen LogP contribution in [0.25, 0.3) is 12.2 Å². The zero-order valence-electron chi connectivity index (χ0n) is 15.1. The summed E-state index contributed by atoms with van der Waals surface area (Å²) in [6, 6.07) is 10.00. The van der Waals surface area contributed by atoms with Gasteiger partial charge in [0, 0.05) is 32.2 Å². The van der Waals surface area contributed by atoms with Crippen molar-refractivity contribution < 1.29 is 23.1 Å². The van der Waals surface area contributed by atoms with Crippen LogP contribution in [0.5, 0.6) is 0 Å². The molecule has 0 bridgehead atoms. The molecule has 3 nitrogen and oxygen atoms in total. The lowest BCUT2D eigenvalue weighted by molar-refractivity contribution is 0.0689. The molecule has 1 heterocycles. The van der Waals surface area contributed by atoms with Crippen molar-refractivity contribution in [3.05, 3.63) is 86.5 Å². The maximum Gasteiger partial charge on any atom is 0.339 e. The summed E-state index contributed by atoms with van der Waals surface area (Å²) in [6.45, 7) is 4.95. The third-order valence-electron chi connectivity index (χ3n) is 4.81. The van der Waals surface area contributed by atoms with Gasteiger partial charge in [-0.05, 0) is 41.1 Å². The largest absolute Gasteiger partial charge is 0.478 e. The zero-order chi connectivity index (χ0) is 21.0. The average molecular weight is 413 g/mol. The summed E-state index contributed by atoms with van der Waals surface area (Å²) in [5.74, 6) is -5.98. The second-order valence-electron chi connectivity index (χ2n) is 6.69. The fourth-order valence-corrected chi connectivity index (χ4v) is 4.64. The van der Waals surface area contributed by atoms with Crippen molar-refractivity contribution >= 4 is 35.6 Å². The summed E-state index contributed by atoms with van der Waals surface area (Å²) < 4.78 is 44.0. The van der Waals surface area contributed by atoms with Gasteiger partial charge < -0.3 is 10.8 Å². The Balaban J connectivity index is 2.27. The van der Waals surface area contributed by atoms with E-state index in [-0.39, 0.29) is 5.57 Å². The predicted octanol–water partition coefficient (Wildman–Crippen LogP) is 3.81. The highest BCUT2D eigenvalue weighted by Gasteiger charge is 2.32. The van der Waals surface area contributed by atoms with Crippen molar-refractivity contribution in [3.8, 4) is 0 Å². The summed E-state index contributed by atoms with van der Waals surface area (Å²) in [5, 5.41) is 10.8. The maximum absolute atomic E-state index is 15.3. The number of carbonyl (C=O) groups is 1. The van der Waals surface area contributed by atoms with Crippen molar-refractivity contribution in [2.75, 3.05) is 5.73 Å². The topological polar surface area (TPSA) is 63.3 Å². The highest BCUT2D eigenvalue weighted by Crippen LogP contribution is 2.41. The Morgan fingerprint density at radius 2 is 1.76 bits per heavy atom. The maximum atomic E-state index is 15.3. The van der Waals surface area contributed by atoms with Gasteiger partial charge in [0.2, 0.25) is 0 Å². The molecule has 1 aliphatic heterocycles. The SMILES string of the molecule is C=c1ccc2c(c1)Sc1cc(N)ccc1C=2c1c(F)c(C)c(F)c(F)c1C(=O)O. The predicted molar refractivity (Wildman–Crippen MR) is 106 cm³/mol. The van der Waals surface area contributed by atoms with Gasteiger partial charge in [0.05, 0.1) is 0 Å². The Hall–Kier alpha value is -3.19. The number of anilines is 1. The first-order chi connectivity index (χ1) is 13.7. The van der Waals surface area contributed by atoms with E-state index in [9.17, 15) is 18.7 Å². The fourth-order valence-electron chi connectivity index (χ4n) is 3.43. The average Bonchev–Trinajstić information content (AvgIpc) is 2.66. The number of carboxylic acid groups (broad SMARTS) is 1. The number of hydrogen-bond donors (Lipinski definition) is 2. The highest BCUT2D eigenvalue weighted by atomic mass is 32.2. The van der Waals surface area contributed by atoms with E-state index in [1.807, 2.05) is 0 Å². The summed E-state index contributed by atoms with van der Waals surface area (Å²) in [5.41, 5.74) is 4.89. The summed E-state index contributed by atoms with van der Waals surface area (Å²) >= 11 is 1.36. The molecule has 7 heteroatoms. The summed E-state index contributed by atoms with van der Waals surface area (Å²) in [6.07, 6.45) is 0. The molecule has 0 amide bonds. The lowest BCUT2D eigenvalue weighted by Gasteiger charge is -2.23. The van der Waals surface area contributed by atoms with Gasteiger partial charge >= 0.3 is 5.97 Å². The van der Waals surface area contributed by atoms with Gasteiger partial charge in [-0.3, -0.25) is 0 Å². The number of rotatable bonds is 2. The quantitative estimate of drug-likeness (QED) is 0.388. The molecule has 0 saturated heterocycles. The molecule has 146 valence electrons. The zero-order valence-corrected chi connectivity index (χ0v) is 16.0. The number of nitrogen functional groups attached to an aromatic ring is 1. The molecule has 0 spiro atoms. The van der Waals surface area contributed by atoms with E-state index in [0.29, 0.717) is 31.5 Å². The van der Waals surface area contributed by atoms with Gasteiger partial charge in [-0.25, -0.2) is 18.0 Å².